The lowest BCUT2D eigenvalue weighted by molar-refractivity contribution is 0.0642. The minimum atomic E-state index is -0.732. The molecular formula is C16H12FNO3. The van der Waals surface area contributed by atoms with Crippen LogP contribution in [0.2, 0.25) is 0 Å². The minimum absolute atomic E-state index is 0.0185. The van der Waals surface area contributed by atoms with Crippen LogP contribution in [-0.4, -0.2) is 21.8 Å². The summed E-state index contributed by atoms with van der Waals surface area (Å²) in [4.78, 5) is 25.6. The number of imide groups is 1. The van der Waals surface area contributed by atoms with Gasteiger partial charge in [0.25, 0.3) is 11.8 Å². The fraction of sp³-hybridized carbons (Fsp3) is 0.125. The lowest BCUT2D eigenvalue weighted by Crippen LogP contribution is -2.29. The molecule has 0 aliphatic carbocycles. The lowest BCUT2D eigenvalue weighted by Gasteiger charge is -2.16. The van der Waals surface area contributed by atoms with Crippen molar-refractivity contribution in [2.45, 2.75) is 13.5 Å². The average molecular weight is 285 g/mol. The summed E-state index contributed by atoms with van der Waals surface area (Å²) in [5, 5.41) is 9.31. The number of aromatic hydroxyl groups is 1. The fourth-order valence-corrected chi connectivity index (χ4v) is 2.44. The molecule has 0 radical (unpaired) electrons. The maximum atomic E-state index is 13.7. The first-order valence-corrected chi connectivity index (χ1v) is 6.43. The van der Waals surface area contributed by atoms with Gasteiger partial charge in [-0.2, -0.15) is 0 Å². The van der Waals surface area contributed by atoms with Gasteiger partial charge in [-0.15, -0.1) is 0 Å². The molecule has 0 saturated carbocycles. The van der Waals surface area contributed by atoms with Crippen LogP contribution < -0.4 is 0 Å². The van der Waals surface area contributed by atoms with Crippen LogP contribution in [0.1, 0.15) is 31.8 Å². The third-order valence-electron chi connectivity index (χ3n) is 3.68. The van der Waals surface area contributed by atoms with Crippen LogP contribution in [0.5, 0.6) is 5.75 Å². The summed E-state index contributed by atoms with van der Waals surface area (Å²) < 4.78 is 13.7. The van der Waals surface area contributed by atoms with E-state index in [0.29, 0.717) is 16.7 Å². The van der Waals surface area contributed by atoms with Crippen LogP contribution in [0, 0.1) is 12.7 Å². The zero-order chi connectivity index (χ0) is 15.1. The molecule has 4 nitrogen and oxygen atoms in total. The van der Waals surface area contributed by atoms with Crippen molar-refractivity contribution < 1.29 is 19.1 Å². The molecule has 1 aliphatic rings. The number of fused-ring (bicyclic) bond motifs is 1. The quantitative estimate of drug-likeness (QED) is 0.863. The predicted molar refractivity (Wildman–Crippen MR) is 73.4 cm³/mol. The van der Waals surface area contributed by atoms with Crippen LogP contribution in [0.15, 0.2) is 36.4 Å². The fourth-order valence-electron chi connectivity index (χ4n) is 2.44. The van der Waals surface area contributed by atoms with E-state index in [4.69, 9.17) is 0 Å². The van der Waals surface area contributed by atoms with Crippen LogP contribution in [0.3, 0.4) is 0 Å². The summed E-state index contributed by atoms with van der Waals surface area (Å²) in [5.41, 5.74) is 1.44. The Morgan fingerprint density at radius 3 is 2.19 bits per heavy atom. The number of halogens is 1. The Morgan fingerprint density at radius 2 is 1.62 bits per heavy atom. The zero-order valence-corrected chi connectivity index (χ0v) is 11.3. The number of benzene rings is 2. The SMILES string of the molecule is Cc1c(CN2C(=O)c3ccccc3C2=O)ccc(O)c1F. The summed E-state index contributed by atoms with van der Waals surface area (Å²) in [6.45, 7) is 1.48. The van der Waals surface area contributed by atoms with Gasteiger partial charge >= 0.3 is 0 Å². The molecule has 3 rings (SSSR count). The molecule has 106 valence electrons. The molecule has 21 heavy (non-hydrogen) atoms. The first kappa shape index (κ1) is 13.3. The monoisotopic (exact) mass is 285 g/mol. The molecular weight excluding hydrogens is 273 g/mol. The summed E-state index contributed by atoms with van der Waals surface area (Å²) in [6.07, 6.45) is 0. The number of carbonyl (C=O) groups is 2. The van der Waals surface area contributed by atoms with E-state index in [1.54, 1.807) is 24.3 Å². The number of phenolic OH excluding ortho intramolecular Hbond substituents is 1. The summed E-state index contributed by atoms with van der Waals surface area (Å²) in [7, 11) is 0. The standard InChI is InChI=1S/C16H12FNO3/c1-9-10(6-7-13(19)14(9)17)8-18-15(20)11-4-2-3-5-12(11)16(18)21/h2-7,19H,8H2,1H3. The second-order valence-corrected chi connectivity index (χ2v) is 4.92. The Balaban J connectivity index is 1.96. The van der Waals surface area contributed by atoms with Crippen molar-refractivity contribution in [1.82, 2.24) is 4.90 Å². The summed E-state index contributed by atoms with van der Waals surface area (Å²) in [5.74, 6) is -1.95. The molecule has 1 N–H and O–H groups in total. The van der Waals surface area contributed by atoms with E-state index in [9.17, 15) is 19.1 Å². The van der Waals surface area contributed by atoms with E-state index in [1.807, 2.05) is 0 Å². The van der Waals surface area contributed by atoms with Crippen molar-refractivity contribution in [1.29, 1.82) is 0 Å². The number of amides is 2. The maximum absolute atomic E-state index is 13.7. The molecule has 0 fully saturated rings. The highest BCUT2D eigenvalue weighted by Crippen LogP contribution is 2.27. The summed E-state index contributed by atoms with van der Waals surface area (Å²) in [6, 6.07) is 9.31. The van der Waals surface area contributed by atoms with Gasteiger partial charge in [0, 0.05) is 0 Å². The average Bonchev–Trinajstić information content (AvgIpc) is 2.73. The topological polar surface area (TPSA) is 57.6 Å². The number of hydrogen-bond donors (Lipinski definition) is 1. The molecule has 0 bridgehead atoms. The Labute approximate surface area is 120 Å². The molecule has 2 amide bonds. The number of nitrogens with zero attached hydrogens (tertiary/aromatic N) is 1. The Hall–Kier alpha value is -2.69. The normalized spacial score (nSPS) is 13.7. The third kappa shape index (κ3) is 1.98. The molecule has 0 saturated heterocycles. The second-order valence-electron chi connectivity index (χ2n) is 4.92. The molecule has 2 aromatic carbocycles. The van der Waals surface area contributed by atoms with Crippen molar-refractivity contribution in [3.05, 3.63) is 64.5 Å². The van der Waals surface area contributed by atoms with E-state index in [2.05, 4.69) is 0 Å². The summed E-state index contributed by atoms with van der Waals surface area (Å²) >= 11 is 0. The van der Waals surface area contributed by atoms with Gasteiger partial charge in [-0.05, 0) is 36.2 Å². The van der Waals surface area contributed by atoms with Gasteiger partial charge in [-0.25, -0.2) is 4.39 Å². The van der Waals surface area contributed by atoms with Gasteiger partial charge in [-0.3, -0.25) is 14.5 Å². The van der Waals surface area contributed by atoms with Crippen molar-refractivity contribution in [2.24, 2.45) is 0 Å². The van der Waals surface area contributed by atoms with E-state index < -0.39 is 11.6 Å². The van der Waals surface area contributed by atoms with Crippen molar-refractivity contribution in [2.75, 3.05) is 0 Å². The van der Waals surface area contributed by atoms with E-state index in [1.165, 1.54) is 19.1 Å². The van der Waals surface area contributed by atoms with E-state index in [-0.39, 0.29) is 23.9 Å². The highest BCUT2D eigenvalue weighted by molar-refractivity contribution is 6.21. The molecule has 1 aliphatic heterocycles. The van der Waals surface area contributed by atoms with Crippen LogP contribution in [0.25, 0.3) is 0 Å². The maximum Gasteiger partial charge on any atom is 0.261 e. The first-order chi connectivity index (χ1) is 10.0. The molecule has 0 spiro atoms. The van der Waals surface area contributed by atoms with Crippen molar-refractivity contribution in [3.8, 4) is 5.75 Å². The predicted octanol–water partition coefficient (Wildman–Crippen LogP) is 2.64. The second kappa shape index (κ2) is 4.70. The van der Waals surface area contributed by atoms with Gasteiger partial charge in [-0.1, -0.05) is 18.2 Å². The minimum Gasteiger partial charge on any atom is -0.505 e. The number of hydrogen-bond acceptors (Lipinski definition) is 3. The van der Waals surface area contributed by atoms with Gasteiger partial charge in [0.1, 0.15) is 0 Å². The van der Waals surface area contributed by atoms with Crippen molar-refractivity contribution >= 4 is 11.8 Å². The smallest absolute Gasteiger partial charge is 0.261 e. The van der Waals surface area contributed by atoms with Crippen LogP contribution >= 0.6 is 0 Å². The van der Waals surface area contributed by atoms with Crippen molar-refractivity contribution in [3.63, 3.8) is 0 Å². The van der Waals surface area contributed by atoms with Gasteiger partial charge in [0.2, 0.25) is 0 Å². The van der Waals surface area contributed by atoms with Crippen LogP contribution in [-0.2, 0) is 6.54 Å². The lowest BCUT2D eigenvalue weighted by atomic mass is 10.1. The van der Waals surface area contributed by atoms with Gasteiger partial charge < -0.3 is 5.11 Å². The van der Waals surface area contributed by atoms with Gasteiger partial charge in [0.05, 0.1) is 17.7 Å². The van der Waals surface area contributed by atoms with E-state index >= 15 is 0 Å². The Bertz CT molecular complexity index is 735. The first-order valence-electron chi connectivity index (χ1n) is 6.43. The molecule has 1 heterocycles. The molecule has 0 atom stereocenters. The Morgan fingerprint density at radius 1 is 1.05 bits per heavy atom. The number of rotatable bonds is 2. The molecule has 0 aromatic heterocycles. The molecule has 5 heteroatoms. The molecule has 2 aromatic rings. The molecule has 0 unspecified atom stereocenters. The highest BCUT2D eigenvalue weighted by atomic mass is 19.1. The Kier molecular flexibility index (Phi) is 2.97. The highest BCUT2D eigenvalue weighted by Gasteiger charge is 2.35. The van der Waals surface area contributed by atoms with E-state index in [0.717, 1.165) is 4.90 Å². The largest absolute Gasteiger partial charge is 0.505 e. The van der Waals surface area contributed by atoms with Crippen LogP contribution in [0.4, 0.5) is 4.39 Å². The van der Waals surface area contributed by atoms with Gasteiger partial charge in [0.15, 0.2) is 11.6 Å². The zero-order valence-electron chi connectivity index (χ0n) is 11.3. The third-order valence-corrected chi connectivity index (χ3v) is 3.68. The number of carbonyl (C=O) groups excluding carboxylic acids is 2. The number of phenols is 1.